The SMILES string of the molecule is COCc1cc(NC2CC(=O)N(C(C)(C)C)C2)nc(C(C)(C)C)n1. The van der Waals surface area contributed by atoms with Crippen LogP contribution in [0.5, 0.6) is 0 Å². The van der Waals surface area contributed by atoms with E-state index in [0.717, 1.165) is 17.3 Å². The first-order valence-electron chi connectivity index (χ1n) is 8.45. The zero-order valence-corrected chi connectivity index (χ0v) is 15.9. The van der Waals surface area contributed by atoms with E-state index in [1.165, 1.54) is 0 Å². The molecule has 2 heterocycles. The molecular weight excluding hydrogens is 304 g/mol. The fourth-order valence-electron chi connectivity index (χ4n) is 2.79. The molecule has 6 nitrogen and oxygen atoms in total. The smallest absolute Gasteiger partial charge is 0.225 e. The van der Waals surface area contributed by atoms with Crippen LogP contribution in [-0.4, -0.2) is 46.0 Å². The lowest BCUT2D eigenvalue weighted by molar-refractivity contribution is -0.131. The molecule has 1 amide bonds. The number of amides is 1. The second-order valence-electron chi connectivity index (χ2n) is 8.47. The first kappa shape index (κ1) is 18.6. The highest BCUT2D eigenvalue weighted by Gasteiger charge is 2.36. The highest BCUT2D eigenvalue weighted by molar-refractivity contribution is 5.80. The van der Waals surface area contributed by atoms with Crippen LogP contribution >= 0.6 is 0 Å². The van der Waals surface area contributed by atoms with Crippen LogP contribution in [0.1, 0.15) is 59.5 Å². The number of likely N-dealkylation sites (tertiary alicyclic amines) is 1. The Morgan fingerprint density at radius 3 is 2.42 bits per heavy atom. The zero-order chi connectivity index (χ0) is 18.1. The van der Waals surface area contributed by atoms with E-state index in [1.54, 1.807) is 7.11 Å². The minimum absolute atomic E-state index is 0.0647. The number of hydrogen-bond donors (Lipinski definition) is 1. The van der Waals surface area contributed by atoms with Crippen molar-refractivity contribution >= 4 is 11.7 Å². The topological polar surface area (TPSA) is 67.3 Å². The Bertz CT molecular complexity index is 602. The summed E-state index contributed by atoms with van der Waals surface area (Å²) in [6.45, 7) is 13.6. The lowest BCUT2D eigenvalue weighted by atomic mass is 9.95. The third kappa shape index (κ3) is 4.44. The van der Waals surface area contributed by atoms with Gasteiger partial charge < -0.3 is 15.0 Å². The Labute approximate surface area is 145 Å². The number of carbonyl (C=O) groups excluding carboxylic acids is 1. The van der Waals surface area contributed by atoms with Gasteiger partial charge in [-0.05, 0) is 20.8 Å². The third-order valence-corrected chi connectivity index (χ3v) is 4.03. The monoisotopic (exact) mass is 334 g/mol. The van der Waals surface area contributed by atoms with Gasteiger partial charge in [-0.15, -0.1) is 0 Å². The summed E-state index contributed by atoms with van der Waals surface area (Å²) in [6, 6.07) is 1.97. The molecule has 0 saturated carbocycles. The maximum atomic E-state index is 12.3. The van der Waals surface area contributed by atoms with Crippen molar-refractivity contribution in [1.82, 2.24) is 14.9 Å². The van der Waals surface area contributed by atoms with Gasteiger partial charge >= 0.3 is 0 Å². The van der Waals surface area contributed by atoms with E-state index in [2.05, 4.69) is 56.8 Å². The fraction of sp³-hybridized carbons (Fsp3) is 0.722. The van der Waals surface area contributed by atoms with E-state index in [0.29, 0.717) is 19.6 Å². The molecule has 0 bridgehead atoms. The molecule has 1 aromatic rings. The lowest BCUT2D eigenvalue weighted by Gasteiger charge is -2.32. The number of anilines is 1. The van der Waals surface area contributed by atoms with Crippen molar-refractivity contribution in [3.8, 4) is 0 Å². The number of carbonyl (C=O) groups is 1. The summed E-state index contributed by atoms with van der Waals surface area (Å²) < 4.78 is 5.22. The molecule has 1 atom stereocenters. The predicted octanol–water partition coefficient (Wildman–Crippen LogP) is 2.73. The fourth-order valence-corrected chi connectivity index (χ4v) is 2.79. The maximum Gasteiger partial charge on any atom is 0.225 e. The second-order valence-corrected chi connectivity index (χ2v) is 8.47. The van der Waals surface area contributed by atoms with E-state index < -0.39 is 0 Å². The second kappa shape index (κ2) is 6.67. The number of ether oxygens (including phenoxy) is 1. The van der Waals surface area contributed by atoms with E-state index in [9.17, 15) is 4.79 Å². The maximum absolute atomic E-state index is 12.3. The van der Waals surface area contributed by atoms with Crippen molar-refractivity contribution in [2.45, 2.75) is 71.6 Å². The Hall–Kier alpha value is -1.69. The van der Waals surface area contributed by atoms with Crippen molar-refractivity contribution in [3.63, 3.8) is 0 Å². The van der Waals surface area contributed by atoms with Crippen LogP contribution in [0.25, 0.3) is 0 Å². The van der Waals surface area contributed by atoms with Crippen molar-refractivity contribution in [1.29, 1.82) is 0 Å². The number of nitrogens with one attached hydrogen (secondary N) is 1. The Morgan fingerprint density at radius 1 is 1.25 bits per heavy atom. The van der Waals surface area contributed by atoms with Crippen LogP contribution in [-0.2, 0) is 21.6 Å². The van der Waals surface area contributed by atoms with E-state index in [4.69, 9.17) is 4.74 Å². The van der Waals surface area contributed by atoms with Crippen LogP contribution < -0.4 is 5.32 Å². The van der Waals surface area contributed by atoms with Crippen LogP contribution in [0.4, 0.5) is 5.82 Å². The number of aromatic nitrogens is 2. The minimum atomic E-state index is -0.156. The van der Waals surface area contributed by atoms with Gasteiger partial charge in [0.2, 0.25) is 5.91 Å². The Morgan fingerprint density at radius 2 is 1.92 bits per heavy atom. The van der Waals surface area contributed by atoms with Crippen LogP contribution in [0, 0.1) is 0 Å². The van der Waals surface area contributed by atoms with Crippen molar-refractivity contribution in [3.05, 3.63) is 17.6 Å². The molecule has 1 N–H and O–H groups in total. The summed E-state index contributed by atoms with van der Waals surface area (Å²) >= 11 is 0. The molecule has 1 aliphatic rings. The summed E-state index contributed by atoms with van der Waals surface area (Å²) in [5.41, 5.74) is 0.539. The van der Waals surface area contributed by atoms with Crippen LogP contribution in [0.3, 0.4) is 0 Å². The van der Waals surface area contributed by atoms with Gasteiger partial charge in [0.15, 0.2) is 0 Å². The Balaban J connectivity index is 2.20. The molecule has 0 radical (unpaired) electrons. The molecule has 134 valence electrons. The van der Waals surface area contributed by atoms with Gasteiger partial charge in [0.05, 0.1) is 18.3 Å². The summed E-state index contributed by atoms with van der Waals surface area (Å²) in [5, 5.41) is 3.42. The molecule has 1 saturated heterocycles. The molecular formula is C18H30N4O2. The molecule has 1 unspecified atom stereocenters. The third-order valence-electron chi connectivity index (χ3n) is 4.03. The molecule has 24 heavy (non-hydrogen) atoms. The van der Waals surface area contributed by atoms with Crippen molar-refractivity contribution < 1.29 is 9.53 Å². The molecule has 0 spiro atoms. The predicted molar refractivity (Wildman–Crippen MR) is 94.9 cm³/mol. The van der Waals surface area contributed by atoms with Crippen LogP contribution in [0.15, 0.2) is 6.07 Å². The number of nitrogens with zero attached hydrogens (tertiary/aromatic N) is 3. The van der Waals surface area contributed by atoms with E-state index in [-0.39, 0.29) is 22.9 Å². The quantitative estimate of drug-likeness (QED) is 0.917. The number of rotatable bonds is 4. The lowest BCUT2D eigenvalue weighted by Crippen LogP contribution is -2.43. The Kier molecular flexibility index (Phi) is 5.18. The van der Waals surface area contributed by atoms with Crippen LogP contribution in [0.2, 0.25) is 0 Å². The highest BCUT2D eigenvalue weighted by Crippen LogP contribution is 2.25. The minimum Gasteiger partial charge on any atom is -0.378 e. The molecule has 2 rings (SSSR count). The summed E-state index contributed by atoms with van der Waals surface area (Å²) in [7, 11) is 1.66. The molecule has 1 aliphatic heterocycles. The standard InChI is InChI=1S/C18H30N4O2/c1-17(2,3)16-20-13(11-24-7)8-14(21-16)19-12-9-15(23)22(10-12)18(4,5)6/h8,12H,9-11H2,1-7H3,(H,19,20,21). The average Bonchev–Trinajstić information content (AvgIpc) is 2.78. The normalized spacial score (nSPS) is 19.0. The number of methoxy groups -OCH3 is 1. The van der Waals surface area contributed by atoms with Gasteiger partial charge in [-0.3, -0.25) is 4.79 Å². The van der Waals surface area contributed by atoms with Gasteiger partial charge in [0.25, 0.3) is 0 Å². The highest BCUT2D eigenvalue weighted by atomic mass is 16.5. The summed E-state index contributed by atoms with van der Waals surface area (Å²) in [4.78, 5) is 23.4. The molecule has 0 aliphatic carbocycles. The van der Waals surface area contributed by atoms with E-state index >= 15 is 0 Å². The zero-order valence-electron chi connectivity index (χ0n) is 15.9. The summed E-state index contributed by atoms with van der Waals surface area (Å²) in [5.74, 6) is 1.72. The average molecular weight is 334 g/mol. The molecule has 1 aromatic heterocycles. The molecule has 6 heteroatoms. The summed E-state index contributed by atoms with van der Waals surface area (Å²) in [6.07, 6.45) is 0.492. The largest absolute Gasteiger partial charge is 0.378 e. The van der Waals surface area contributed by atoms with Gasteiger partial charge in [0, 0.05) is 37.1 Å². The van der Waals surface area contributed by atoms with Gasteiger partial charge in [0.1, 0.15) is 11.6 Å². The van der Waals surface area contributed by atoms with E-state index in [1.807, 2.05) is 11.0 Å². The van der Waals surface area contributed by atoms with Gasteiger partial charge in [-0.2, -0.15) is 0 Å². The number of hydrogen-bond acceptors (Lipinski definition) is 5. The molecule has 1 fully saturated rings. The van der Waals surface area contributed by atoms with Crippen molar-refractivity contribution in [2.24, 2.45) is 0 Å². The van der Waals surface area contributed by atoms with Crippen molar-refractivity contribution in [2.75, 3.05) is 19.0 Å². The van der Waals surface area contributed by atoms with Gasteiger partial charge in [-0.1, -0.05) is 20.8 Å². The first-order valence-corrected chi connectivity index (χ1v) is 8.45. The first-order chi connectivity index (χ1) is 11.0. The molecule has 0 aromatic carbocycles. The van der Waals surface area contributed by atoms with Gasteiger partial charge in [-0.25, -0.2) is 9.97 Å².